The average molecular weight is 227 g/mol. The predicted molar refractivity (Wildman–Crippen MR) is 63.0 cm³/mol. The standard InChI is InChI=1S/C12H21NO3/c1-8(2)7-13(6)10(14)9(11(15)16)12(3,4)5/h9H,1,7H2,2-6H3,(H,15,16). The summed E-state index contributed by atoms with van der Waals surface area (Å²) in [5.74, 6) is -2.47. The number of aliphatic carboxylic acids is 1. The third kappa shape index (κ3) is 4.04. The third-order valence-electron chi connectivity index (χ3n) is 2.24. The summed E-state index contributed by atoms with van der Waals surface area (Å²) in [6.45, 7) is 11.1. The minimum atomic E-state index is -1.08. The number of amides is 1. The second kappa shape index (κ2) is 5.14. The Morgan fingerprint density at radius 3 is 2.06 bits per heavy atom. The van der Waals surface area contributed by atoms with E-state index < -0.39 is 17.3 Å². The molecule has 0 saturated carbocycles. The Bertz CT molecular complexity index is 302. The molecule has 0 radical (unpaired) electrons. The van der Waals surface area contributed by atoms with E-state index in [2.05, 4.69) is 6.58 Å². The highest BCUT2D eigenvalue weighted by atomic mass is 16.4. The Morgan fingerprint density at radius 1 is 1.38 bits per heavy atom. The number of carbonyl (C=O) groups is 2. The van der Waals surface area contributed by atoms with Gasteiger partial charge in [0.2, 0.25) is 5.91 Å². The number of rotatable bonds is 4. The molecular weight excluding hydrogens is 206 g/mol. The highest BCUT2D eigenvalue weighted by Gasteiger charge is 2.39. The highest BCUT2D eigenvalue weighted by molar-refractivity contribution is 5.97. The lowest BCUT2D eigenvalue weighted by atomic mass is 9.80. The van der Waals surface area contributed by atoms with Gasteiger partial charge < -0.3 is 10.0 Å². The molecule has 0 heterocycles. The second-order valence-electron chi connectivity index (χ2n) is 5.29. The van der Waals surface area contributed by atoms with Crippen LogP contribution in [0, 0.1) is 11.3 Å². The molecule has 1 unspecified atom stereocenters. The Hall–Kier alpha value is -1.32. The SMILES string of the molecule is C=C(C)CN(C)C(=O)C(C(=O)O)C(C)(C)C. The number of carbonyl (C=O) groups excluding carboxylic acids is 1. The van der Waals surface area contributed by atoms with E-state index in [4.69, 9.17) is 5.11 Å². The van der Waals surface area contributed by atoms with Gasteiger partial charge in [-0.3, -0.25) is 9.59 Å². The number of nitrogens with zero attached hydrogens (tertiary/aromatic N) is 1. The Balaban J connectivity index is 4.90. The molecule has 1 N–H and O–H groups in total. The van der Waals surface area contributed by atoms with E-state index in [1.165, 1.54) is 4.90 Å². The van der Waals surface area contributed by atoms with Crippen LogP contribution >= 0.6 is 0 Å². The summed E-state index contributed by atoms with van der Waals surface area (Å²) >= 11 is 0. The molecule has 0 saturated heterocycles. The summed E-state index contributed by atoms with van der Waals surface area (Å²) in [5.41, 5.74) is 0.237. The summed E-state index contributed by atoms with van der Waals surface area (Å²) in [4.78, 5) is 24.5. The fraction of sp³-hybridized carbons (Fsp3) is 0.667. The van der Waals surface area contributed by atoms with Gasteiger partial charge in [0.1, 0.15) is 5.92 Å². The summed E-state index contributed by atoms with van der Waals surface area (Å²) in [6, 6.07) is 0. The normalized spacial score (nSPS) is 13.1. The maximum atomic E-state index is 12.0. The lowest BCUT2D eigenvalue weighted by molar-refractivity contribution is -0.155. The van der Waals surface area contributed by atoms with E-state index in [1.807, 2.05) is 0 Å². The van der Waals surface area contributed by atoms with E-state index in [1.54, 1.807) is 34.7 Å². The van der Waals surface area contributed by atoms with Crippen LogP contribution in [-0.2, 0) is 9.59 Å². The molecule has 0 aromatic carbocycles. The van der Waals surface area contributed by atoms with E-state index in [-0.39, 0.29) is 5.91 Å². The van der Waals surface area contributed by atoms with Gasteiger partial charge in [0, 0.05) is 13.6 Å². The lowest BCUT2D eigenvalue weighted by Gasteiger charge is -2.30. The van der Waals surface area contributed by atoms with Gasteiger partial charge in [-0.05, 0) is 12.3 Å². The van der Waals surface area contributed by atoms with Crippen LogP contribution < -0.4 is 0 Å². The molecular formula is C12H21NO3. The van der Waals surface area contributed by atoms with E-state index in [0.29, 0.717) is 6.54 Å². The quantitative estimate of drug-likeness (QED) is 0.588. The predicted octanol–water partition coefficient (Wildman–Crippen LogP) is 1.77. The molecule has 0 bridgehead atoms. The van der Waals surface area contributed by atoms with Crippen molar-refractivity contribution in [3.05, 3.63) is 12.2 Å². The summed E-state index contributed by atoms with van der Waals surface area (Å²) < 4.78 is 0. The van der Waals surface area contributed by atoms with Crippen molar-refractivity contribution in [3.8, 4) is 0 Å². The summed E-state index contributed by atoms with van der Waals surface area (Å²) in [6.07, 6.45) is 0. The first kappa shape index (κ1) is 14.7. The Labute approximate surface area is 96.9 Å². The smallest absolute Gasteiger partial charge is 0.316 e. The van der Waals surface area contributed by atoms with Gasteiger partial charge in [-0.15, -0.1) is 0 Å². The maximum absolute atomic E-state index is 12.0. The number of hydrogen-bond donors (Lipinski definition) is 1. The molecule has 0 aliphatic carbocycles. The molecule has 0 aliphatic heterocycles. The molecule has 0 fully saturated rings. The van der Waals surface area contributed by atoms with Gasteiger partial charge >= 0.3 is 5.97 Å². The van der Waals surface area contributed by atoms with Gasteiger partial charge in [0.15, 0.2) is 0 Å². The number of hydrogen-bond acceptors (Lipinski definition) is 2. The topological polar surface area (TPSA) is 57.6 Å². The van der Waals surface area contributed by atoms with E-state index in [0.717, 1.165) is 5.57 Å². The number of carboxylic acid groups (broad SMARTS) is 1. The largest absolute Gasteiger partial charge is 0.481 e. The molecule has 1 amide bonds. The van der Waals surface area contributed by atoms with Gasteiger partial charge in [-0.2, -0.15) is 0 Å². The van der Waals surface area contributed by atoms with Gasteiger partial charge in [-0.25, -0.2) is 0 Å². The van der Waals surface area contributed by atoms with Crippen LogP contribution in [0.5, 0.6) is 0 Å². The van der Waals surface area contributed by atoms with Gasteiger partial charge in [-0.1, -0.05) is 32.9 Å². The van der Waals surface area contributed by atoms with Crippen molar-refractivity contribution < 1.29 is 14.7 Å². The van der Waals surface area contributed by atoms with Crippen molar-refractivity contribution >= 4 is 11.9 Å². The van der Waals surface area contributed by atoms with E-state index in [9.17, 15) is 9.59 Å². The molecule has 0 aromatic rings. The average Bonchev–Trinajstić information content (AvgIpc) is 1.98. The zero-order valence-electron chi connectivity index (χ0n) is 10.7. The van der Waals surface area contributed by atoms with Crippen LogP contribution in [0.4, 0.5) is 0 Å². The number of likely N-dealkylation sites (N-methyl/N-ethyl adjacent to an activating group) is 1. The zero-order chi connectivity index (χ0) is 13.1. The molecule has 16 heavy (non-hydrogen) atoms. The van der Waals surface area contributed by atoms with Gasteiger partial charge in [0.25, 0.3) is 0 Å². The van der Waals surface area contributed by atoms with Gasteiger partial charge in [0.05, 0.1) is 0 Å². The van der Waals surface area contributed by atoms with Crippen LogP contribution in [0.15, 0.2) is 12.2 Å². The molecule has 1 atom stereocenters. The number of carboxylic acids is 1. The monoisotopic (exact) mass is 227 g/mol. The molecule has 0 rings (SSSR count). The first-order chi connectivity index (χ1) is 7.07. The summed E-state index contributed by atoms with van der Waals surface area (Å²) in [5, 5.41) is 9.09. The van der Waals surface area contributed by atoms with Crippen LogP contribution in [0.2, 0.25) is 0 Å². The van der Waals surface area contributed by atoms with Crippen LogP contribution in [0.3, 0.4) is 0 Å². The summed E-state index contributed by atoms with van der Waals surface area (Å²) in [7, 11) is 1.60. The lowest BCUT2D eigenvalue weighted by Crippen LogP contribution is -2.44. The van der Waals surface area contributed by atoms with Crippen molar-refractivity contribution in [1.29, 1.82) is 0 Å². The third-order valence-corrected chi connectivity index (χ3v) is 2.24. The van der Waals surface area contributed by atoms with Crippen molar-refractivity contribution in [3.63, 3.8) is 0 Å². The highest BCUT2D eigenvalue weighted by Crippen LogP contribution is 2.27. The Morgan fingerprint density at radius 2 is 1.81 bits per heavy atom. The fourth-order valence-corrected chi connectivity index (χ4v) is 1.55. The minimum Gasteiger partial charge on any atom is -0.481 e. The Kier molecular flexibility index (Phi) is 4.72. The molecule has 4 nitrogen and oxygen atoms in total. The molecule has 0 aliphatic rings. The van der Waals surface area contributed by atoms with Crippen molar-refractivity contribution in [2.24, 2.45) is 11.3 Å². The molecule has 0 spiro atoms. The first-order valence-corrected chi connectivity index (χ1v) is 5.19. The molecule has 0 aromatic heterocycles. The second-order valence-corrected chi connectivity index (χ2v) is 5.29. The molecule has 4 heteroatoms. The van der Waals surface area contributed by atoms with Crippen molar-refractivity contribution in [1.82, 2.24) is 4.90 Å². The molecule has 92 valence electrons. The van der Waals surface area contributed by atoms with Crippen LogP contribution in [0.25, 0.3) is 0 Å². The fourth-order valence-electron chi connectivity index (χ4n) is 1.55. The maximum Gasteiger partial charge on any atom is 0.316 e. The zero-order valence-corrected chi connectivity index (χ0v) is 10.7. The minimum absolute atomic E-state index is 0.372. The van der Waals surface area contributed by atoms with Crippen molar-refractivity contribution in [2.75, 3.05) is 13.6 Å². The van der Waals surface area contributed by atoms with Crippen LogP contribution in [-0.4, -0.2) is 35.5 Å². The van der Waals surface area contributed by atoms with Crippen LogP contribution in [0.1, 0.15) is 27.7 Å². The first-order valence-electron chi connectivity index (χ1n) is 5.19. The van der Waals surface area contributed by atoms with Crippen molar-refractivity contribution in [2.45, 2.75) is 27.7 Å². The van der Waals surface area contributed by atoms with E-state index >= 15 is 0 Å².